The fraction of sp³-hybridized carbons (Fsp3) is 0.360. The minimum atomic E-state index is -0.130. The first-order valence-electron chi connectivity index (χ1n) is 11.3. The summed E-state index contributed by atoms with van der Waals surface area (Å²) in [6, 6.07) is 17.3. The normalized spacial score (nSPS) is 15.3. The summed E-state index contributed by atoms with van der Waals surface area (Å²) in [5, 5.41) is 9.53. The first kappa shape index (κ1) is 21.9. The number of hydrogen-bond donors (Lipinski definition) is 1. The van der Waals surface area contributed by atoms with Gasteiger partial charge >= 0.3 is 0 Å². The predicted octanol–water partition coefficient (Wildman–Crippen LogP) is 5.13. The standard InChI is InChI=1S/C25H29FN6S/c1-25(2,3)28-22-21(18-9-5-4-6-10-18)27-23-32(22)29-24(33-23)31-15-13-30(14-16-31)17-19-11-7-8-12-20(19)26/h4-12,28H,13-17H2,1-3H3. The molecule has 0 saturated carbocycles. The summed E-state index contributed by atoms with van der Waals surface area (Å²) in [5.74, 6) is 0.790. The Morgan fingerprint density at radius 1 is 0.970 bits per heavy atom. The number of rotatable bonds is 5. The smallest absolute Gasteiger partial charge is 0.216 e. The Balaban J connectivity index is 1.36. The predicted molar refractivity (Wildman–Crippen MR) is 134 cm³/mol. The average Bonchev–Trinajstić information content (AvgIpc) is 3.35. The van der Waals surface area contributed by atoms with E-state index in [0.29, 0.717) is 6.54 Å². The molecule has 3 heterocycles. The Morgan fingerprint density at radius 3 is 2.36 bits per heavy atom. The molecule has 1 fully saturated rings. The van der Waals surface area contributed by atoms with E-state index in [4.69, 9.17) is 10.1 Å². The zero-order valence-corrected chi connectivity index (χ0v) is 20.1. The molecule has 0 aliphatic carbocycles. The summed E-state index contributed by atoms with van der Waals surface area (Å²) in [6.45, 7) is 10.5. The Bertz CT molecular complexity index is 1240. The number of anilines is 2. The van der Waals surface area contributed by atoms with Crippen LogP contribution in [-0.2, 0) is 6.54 Å². The van der Waals surface area contributed by atoms with E-state index in [1.807, 2.05) is 34.8 Å². The SMILES string of the molecule is CC(C)(C)Nc1c(-c2ccccc2)nc2sc(N3CCN(Cc4ccccc4F)CC3)nn12. The van der Waals surface area contributed by atoms with E-state index in [1.165, 1.54) is 6.07 Å². The highest BCUT2D eigenvalue weighted by Gasteiger charge is 2.25. The van der Waals surface area contributed by atoms with Gasteiger partial charge in [-0.3, -0.25) is 4.90 Å². The lowest BCUT2D eigenvalue weighted by molar-refractivity contribution is 0.246. The maximum Gasteiger partial charge on any atom is 0.216 e. The van der Waals surface area contributed by atoms with E-state index in [2.05, 4.69) is 48.0 Å². The molecular weight excluding hydrogens is 435 g/mol. The highest BCUT2D eigenvalue weighted by Crippen LogP contribution is 2.35. The monoisotopic (exact) mass is 464 g/mol. The van der Waals surface area contributed by atoms with Gasteiger partial charge in [0.05, 0.1) is 0 Å². The van der Waals surface area contributed by atoms with Crippen LogP contribution in [-0.4, -0.2) is 51.2 Å². The fourth-order valence-corrected chi connectivity index (χ4v) is 5.05. The van der Waals surface area contributed by atoms with Crippen LogP contribution in [0.2, 0.25) is 0 Å². The van der Waals surface area contributed by atoms with E-state index < -0.39 is 0 Å². The highest BCUT2D eigenvalue weighted by molar-refractivity contribution is 7.20. The second kappa shape index (κ2) is 8.76. The van der Waals surface area contributed by atoms with Crippen LogP contribution in [0.5, 0.6) is 0 Å². The lowest BCUT2D eigenvalue weighted by atomic mass is 10.1. The van der Waals surface area contributed by atoms with Crippen LogP contribution in [0, 0.1) is 5.82 Å². The number of halogens is 1. The molecular formula is C25H29FN6S. The van der Waals surface area contributed by atoms with Crippen molar-refractivity contribution in [3.63, 3.8) is 0 Å². The molecule has 0 spiro atoms. The molecule has 0 radical (unpaired) electrons. The molecule has 1 saturated heterocycles. The van der Waals surface area contributed by atoms with Gasteiger partial charge in [-0.2, -0.15) is 4.52 Å². The number of fused-ring (bicyclic) bond motifs is 1. The van der Waals surface area contributed by atoms with Crippen LogP contribution in [0.4, 0.5) is 15.3 Å². The van der Waals surface area contributed by atoms with Crippen molar-refractivity contribution in [1.29, 1.82) is 0 Å². The highest BCUT2D eigenvalue weighted by atomic mass is 32.1. The number of nitrogens with zero attached hydrogens (tertiary/aromatic N) is 5. The number of piperazine rings is 1. The van der Waals surface area contributed by atoms with Gasteiger partial charge in [0.25, 0.3) is 0 Å². The summed E-state index contributed by atoms with van der Waals surface area (Å²) in [5.41, 5.74) is 2.63. The first-order chi connectivity index (χ1) is 15.9. The summed E-state index contributed by atoms with van der Waals surface area (Å²) < 4.78 is 16.0. The third-order valence-electron chi connectivity index (χ3n) is 5.73. The van der Waals surface area contributed by atoms with Gasteiger partial charge in [0.2, 0.25) is 10.1 Å². The molecule has 1 aliphatic rings. The number of imidazole rings is 1. The number of benzene rings is 2. The third-order valence-corrected chi connectivity index (χ3v) is 6.70. The van der Waals surface area contributed by atoms with Crippen LogP contribution >= 0.6 is 11.3 Å². The van der Waals surface area contributed by atoms with Crippen LogP contribution in [0.25, 0.3) is 16.2 Å². The Hall–Kier alpha value is -2.97. The fourth-order valence-electron chi connectivity index (χ4n) is 4.10. The van der Waals surface area contributed by atoms with Crippen LogP contribution in [0.15, 0.2) is 54.6 Å². The van der Waals surface area contributed by atoms with E-state index in [0.717, 1.165) is 58.9 Å². The third kappa shape index (κ3) is 4.72. The van der Waals surface area contributed by atoms with Crippen LogP contribution < -0.4 is 10.2 Å². The molecule has 2 aromatic heterocycles. The van der Waals surface area contributed by atoms with Crippen molar-refractivity contribution in [3.8, 4) is 11.3 Å². The van der Waals surface area contributed by atoms with Gasteiger partial charge in [-0.05, 0) is 26.8 Å². The summed E-state index contributed by atoms with van der Waals surface area (Å²) >= 11 is 1.62. The second-order valence-corrected chi connectivity index (χ2v) is 10.4. The van der Waals surface area contributed by atoms with Crippen molar-refractivity contribution < 1.29 is 4.39 Å². The van der Waals surface area contributed by atoms with Crippen molar-refractivity contribution >= 4 is 27.2 Å². The molecule has 2 aromatic carbocycles. The van der Waals surface area contributed by atoms with Gasteiger partial charge in [-0.25, -0.2) is 9.37 Å². The zero-order valence-electron chi connectivity index (χ0n) is 19.3. The van der Waals surface area contributed by atoms with Gasteiger partial charge in [0, 0.05) is 49.4 Å². The maximum absolute atomic E-state index is 14.0. The van der Waals surface area contributed by atoms with Crippen molar-refractivity contribution in [2.75, 3.05) is 36.4 Å². The van der Waals surface area contributed by atoms with Crippen molar-refractivity contribution in [2.45, 2.75) is 32.9 Å². The molecule has 1 aliphatic heterocycles. The number of nitrogens with one attached hydrogen (secondary N) is 1. The van der Waals surface area contributed by atoms with Crippen molar-refractivity contribution in [1.82, 2.24) is 19.5 Å². The lowest BCUT2D eigenvalue weighted by Crippen LogP contribution is -2.46. The van der Waals surface area contributed by atoms with E-state index in [-0.39, 0.29) is 11.4 Å². The molecule has 33 heavy (non-hydrogen) atoms. The zero-order chi connectivity index (χ0) is 23.0. The number of aromatic nitrogens is 3. The van der Waals surface area contributed by atoms with E-state index >= 15 is 0 Å². The Morgan fingerprint density at radius 2 is 1.67 bits per heavy atom. The molecule has 0 atom stereocenters. The van der Waals surface area contributed by atoms with E-state index in [9.17, 15) is 4.39 Å². The first-order valence-corrected chi connectivity index (χ1v) is 12.1. The molecule has 8 heteroatoms. The molecule has 0 amide bonds. The van der Waals surface area contributed by atoms with Gasteiger partial charge in [0.1, 0.15) is 11.5 Å². The minimum absolute atomic E-state index is 0.123. The molecule has 4 aromatic rings. The second-order valence-electron chi connectivity index (χ2n) is 9.48. The molecule has 172 valence electrons. The maximum atomic E-state index is 14.0. The number of hydrogen-bond acceptors (Lipinski definition) is 6. The van der Waals surface area contributed by atoms with Crippen LogP contribution in [0.1, 0.15) is 26.3 Å². The average molecular weight is 465 g/mol. The van der Waals surface area contributed by atoms with Gasteiger partial charge in [-0.15, -0.1) is 5.10 Å². The summed E-state index contributed by atoms with van der Waals surface area (Å²) in [7, 11) is 0. The Labute approximate surface area is 197 Å². The topological polar surface area (TPSA) is 48.7 Å². The largest absolute Gasteiger partial charge is 0.364 e. The van der Waals surface area contributed by atoms with Crippen molar-refractivity contribution in [2.24, 2.45) is 0 Å². The molecule has 6 nitrogen and oxygen atoms in total. The lowest BCUT2D eigenvalue weighted by Gasteiger charge is -2.34. The van der Waals surface area contributed by atoms with Gasteiger partial charge in [0.15, 0.2) is 5.82 Å². The van der Waals surface area contributed by atoms with Gasteiger partial charge < -0.3 is 10.2 Å². The quantitative estimate of drug-likeness (QED) is 0.444. The van der Waals surface area contributed by atoms with Crippen LogP contribution in [0.3, 0.4) is 0 Å². The van der Waals surface area contributed by atoms with E-state index in [1.54, 1.807) is 17.4 Å². The molecule has 5 rings (SSSR count). The minimum Gasteiger partial charge on any atom is -0.364 e. The van der Waals surface area contributed by atoms with Gasteiger partial charge in [-0.1, -0.05) is 59.9 Å². The Kier molecular flexibility index (Phi) is 5.80. The summed E-state index contributed by atoms with van der Waals surface area (Å²) in [4.78, 5) is 10.4. The molecule has 1 N–H and O–H groups in total. The summed E-state index contributed by atoms with van der Waals surface area (Å²) in [6.07, 6.45) is 0. The molecule has 0 unspecified atom stereocenters. The molecule has 0 bridgehead atoms. The van der Waals surface area contributed by atoms with Crippen molar-refractivity contribution in [3.05, 3.63) is 66.0 Å².